The molecule has 0 aliphatic carbocycles. The van der Waals surface area contributed by atoms with E-state index in [1.54, 1.807) is 0 Å². The van der Waals surface area contributed by atoms with Crippen LogP contribution in [-0.2, 0) is 11.2 Å². The molecule has 1 amide bonds. The molecular formula is C20H25NO. The van der Waals surface area contributed by atoms with Crippen molar-refractivity contribution in [2.45, 2.75) is 45.6 Å². The zero-order valence-electron chi connectivity index (χ0n) is 13.7. The first-order valence-corrected chi connectivity index (χ1v) is 7.99. The Morgan fingerprint density at radius 1 is 0.909 bits per heavy atom. The maximum Gasteiger partial charge on any atom is 0.220 e. The summed E-state index contributed by atoms with van der Waals surface area (Å²) in [6.45, 7) is 6.39. The number of rotatable bonds is 6. The molecule has 2 aromatic rings. The van der Waals surface area contributed by atoms with Gasteiger partial charge in [-0.25, -0.2) is 0 Å². The largest absolute Gasteiger partial charge is 0.350 e. The van der Waals surface area contributed by atoms with Crippen molar-refractivity contribution in [2.75, 3.05) is 0 Å². The molecule has 2 heteroatoms. The normalized spacial score (nSPS) is 12.2. The predicted molar refractivity (Wildman–Crippen MR) is 91.9 cm³/mol. The fraction of sp³-hybridized carbons (Fsp3) is 0.350. The number of hydrogen-bond donors (Lipinski definition) is 1. The van der Waals surface area contributed by atoms with Crippen molar-refractivity contribution in [2.24, 2.45) is 0 Å². The van der Waals surface area contributed by atoms with E-state index in [0.29, 0.717) is 12.3 Å². The summed E-state index contributed by atoms with van der Waals surface area (Å²) in [5, 5.41) is 3.06. The lowest BCUT2D eigenvalue weighted by Gasteiger charge is -2.14. The molecule has 2 rings (SSSR count). The lowest BCUT2D eigenvalue weighted by Crippen LogP contribution is -2.26. The van der Waals surface area contributed by atoms with Gasteiger partial charge >= 0.3 is 0 Å². The van der Waals surface area contributed by atoms with E-state index in [2.05, 4.69) is 43.4 Å². The van der Waals surface area contributed by atoms with Crippen LogP contribution < -0.4 is 5.32 Å². The van der Waals surface area contributed by atoms with Gasteiger partial charge < -0.3 is 5.32 Å². The summed E-state index contributed by atoms with van der Waals surface area (Å²) >= 11 is 0. The highest BCUT2D eigenvalue weighted by Gasteiger charge is 2.09. The second kappa shape index (κ2) is 7.79. The minimum absolute atomic E-state index is 0.0528. The molecule has 2 aromatic carbocycles. The van der Waals surface area contributed by atoms with E-state index in [9.17, 15) is 4.79 Å². The average molecular weight is 295 g/mol. The smallest absolute Gasteiger partial charge is 0.220 e. The van der Waals surface area contributed by atoms with Gasteiger partial charge in [0.15, 0.2) is 0 Å². The number of carbonyl (C=O) groups is 1. The molecular weight excluding hydrogens is 270 g/mol. The van der Waals surface area contributed by atoms with Crippen LogP contribution in [0.5, 0.6) is 0 Å². The third kappa shape index (κ3) is 4.73. The SMILES string of the molecule is CC(C)c1ccc(CCC(=O)N[C@H](C)c2ccccc2)cc1. The zero-order valence-corrected chi connectivity index (χ0v) is 13.7. The first-order chi connectivity index (χ1) is 10.6. The van der Waals surface area contributed by atoms with Crippen LogP contribution in [0.2, 0.25) is 0 Å². The zero-order chi connectivity index (χ0) is 15.9. The van der Waals surface area contributed by atoms with Gasteiger partial charge in [0.2, 0.25) is 5.91 Å². The monoisotopic (exact) mass is 295 g/mol. The van der Waals surface area contributed by atoms with Crippen molar-refractivity contribution < 1.29 is 4.79 Å². The molecule has 0 bridgehead atoms. The summed E-state index contributed by atoms with van der Waals surface area (Å²) in [5.41, 5.74) is 3.69. The van der Waals surface area contributed by atoms with Crippen molar-refractivity contribution in [3.63, 3.8) is 0 Å². The molecule has 116 valence electrons. The molecule has 22 heavy (non-hydrogen) atoms. The maximum absolute atomic E-state index is 12.1. The highest BCUT2D eigenvalue weighted by atomic mass is 16.1. The number of aryl methyl sites for hydroxylation is 1. The molecule has 1 atom stereocenters. The third-order valence-electron chi connectivity index (χ3n) is 3.96. The van der Waals surface area contributed by atoms with Crippen molar-refractivity contribution in [1.29, 1.82) is 0 Å². The standard InChI is InChI=1S/C20H25NO/c1-15(2)18-12-9-17(10-13-18)11-14-20(22)21-16(3)19-7-5-4-6-8-19/h4-10,12-13,15-16H,11,14H2,1-3H3,(H,21,22)/t16-/m1/s1. The number of carbonyl (C=O) groups excluding carboxylic acids is 1. The van der Waals surface area contributed by atoms with Gasteiger partial charge in [-0.2, -0.15) is 0 Å². The summed E-state index contributed by atoms with van der Waals surface area (Å²) < 4.78 is 0. The van der Waals surface area contributed by atoms with Gasteiger partial charge in [0.25, 0.3) is 0 Å². The van der Waals surface area contributed by atoms with Crippen LogP contribution in [0, 0.1) is 0 Å². The second-order valence-electron chi connectivity index (χ2n) is 6.10. The molecule has 0 aliphatic rings. The minimum atomic E-state index is 0.0528. The van der Waals surface area contributed by atoms with E-state index >= 15 is 0 Å². The van der Waals surface area contributed by atoms with Gasteiger partial charge in [0, 0.05) is 6.42 Å². The Hall–Kier alpha value is -2.09. The Morgan fingerprint density at radius 3 is 2.14 bits per heavy atom. The lowest BCUT2D eigenvalue weighted by molar-refractivity contribution is -0.121. The van der Waals surface area contributed by atoms with Crippen molar-refractivity contribution in [3.05, 3.63) is 71.3 Å². The van der Waals surface area contributed by atoms with Crippen LogP contribution in [0.4, 0.5) is 0 Å². The van der Waals surface area contributed by atoms with Crippen LogP contribution in [0.1, 0.15) is 55.8 Å². The van der Waals surface area contributed by atoms with Gasteiger partial charge in [-0.15, -0.1) is 0 Å². The van der Waals surface area contributed by atoms with E-state index in [-0.39, 0.29) is 11.9 Å². The van der Waals surface area contributed by atoms with Crippen LogP contribution in [-0.4, -0.2) is 5.91 Å². The average Bonchev–Trinajstić information content (AvgIpc) is 2.54. The molecule has 1 N–H and O–H groups in total. The number of hydrogen-bond acceptors (Lipinski definition) is 1. The van der Waals surface area contributed by atoms with Gasteiger partial charge in [-0.05, 0) is 36.0 Å². The first kappa shape index (κ1) is 16.3. The number of benzene rings is 2. The molecule has 0 aliphatic heterocycles. The minimum Gasteiger partial charge on any atom is -0.350 e. The molecule has 0 spiro atoms. The van der Waals surface area contributed by atoms with Crippen LogP contribution in [0.25, 0.3) is 0 Å². The third-order valence-corrected chi connectivity index (χ3v) is 3.96. The van der Waals surface area contributed by atoms with Gasteiger partial charge in [-0.3, -0.25) is 4.79 Å². The second-order valence-corrected chi connectivity index (χ2v) is 6.10. The highest BCUT2D eigenvalue weighted by Crippen LogP contribution is 2.16. The van der Waals surface area contributed by atoms with Gasteiger partial charge in [-0.1, -0.05) is 68.4 Å². The molecule has 0 fully saturated rings. The Kier molecular flexibility index (Phi) is 5.76. The molecule has 0 saturated heterocycles. The van der Waals surface area contributed by atoms with Crippen molar-refractivity contribution in [3.8, 4) is 0 Å². The Morgan fingerprint density at radius 2 is 1.55 bits per heavy atom. The molecule has 0 radical (unpaired) electrons. The van der Waals surface area contributed by atoms with Gasteiger partial charge in [0.1, 0.15) is 0 Å². The first-order valence-electron chi connectivity index (χ1n) is 7.99. The predicted octanol–water partition coefficient (Wildman–Crippen LogP) is 4.62. The molecule has 0 heterocycles. The van der Waals surface area contributed by atoms with Crippen LogP contribution in [0.15, 0.2) is 54.6 Å². The maximum atomic E-state index is 12.1. The number of amides is 1. The topological polar surface area (TPSA) is 29.1 Å². The fourth-order valence-corrected chi connectivity index (χ4v) is 2.47. The van der Waals surface area contributed by atoms with E-state index in [1.165, 1.54) is 11.1 Å². The summed E-state index contributed by atoms with van der Waals surface area (Å²) in [7, 11) is 0. The van der Waals surface area contributed by atoms with E-state index < -0.39 is 0 Å². The van der Waals surface area contributed by atoms with E-state index in [0.717, 1.165) is 12.0 Å². The van der Waals surface area contributed by atoms with Gasteiger partial charge in [0.05, 0.1) is 6.04 Å². The summed E-state index contributed by atoms with van der Waals surface area (Å²) in [4.78, 5) is 12.1. The summed E-state index contributed by atoms with van der Waals surface area (Å²) in [6, 6.07) is 18.7. The highest BCUT2D eigenvalue weighted by molar-refractivity contribution is 5.76. The summed E-state index contributed by atoms with van der Waals surface area (Å²) in [5.74, 6) is 0.647. The van der Waals surface area contributed by atoms with Crippen molar-refractivity contribution >= 4 is 5.91 Å². The Bertz CT molecular complexity index is 587. The Labute approximate surface area is 133 Å². The van der Waals surface area contributed by atoms with Crippen molar-refractivity contribution in [1.82, 2.24) is 5.32 Å². The molecule has 0 unspecified atom stereocenters. The quantitative estimate of drug-likeness (QED) is 0.827. The van der Waals surface area contributed by atoms with Crippen LogP contribution >= 0.6 is 0 Å². The van der Waals surface area contributed by atoms with E-state index in [4.69, 9.17) is 0 Å². The molecule has 0 aromatic heterocycles. The Balaban J connectivity index is 1.82. The van der Waals surface area contributed by atoms with E-state index in [1.807, 2.05) is 37.3 Å². The van der Waals surface area contributed by atoms with Crippen LogP contribution in [0.3, 0.4) is 0 Å². The lowest BCUT2D eigenvalue weighted by atomic mass is 10.00. The fourth-order valence-electron chi connectivity index (χ4n) is 2.47. The molecule has 0 saturated carbocycles. The number of nitrogens with one attached hydrogen (secondary N) is 1. The summed E-state index contributed by atoms with van der Waals surface area (Å²) in [6.07, 6.45) is 1.31. The molecule has 2 nitrogen and oxygen atoms in total.